The topological polar surface area (TPSA) is 99.8 Å². The molecule has 0 unspecified atom stereocenters. The van der Waals surface area contributed by atoms with Crippen molar-refractivity contribution in [2.24, 2.45) is 0 Å². The molecule has 0 aliphatic heterocycles. The van der Waals surface area contributed by atoms with Gasteiger partial charge in [0.2, 0.25) is 11.1 Å². The molecule has 0 aliphatic rings. The summed E-state index contributed by atoms with van der Waals surface area (Å²) in [5, 5.41) is 13.1. The van der Waals surface area contributed by atoms with Gasteiger partial charge < -0.3 is 10.6 Å². The molecule has 3 rings (SSSR count). The number of nitrogens with one attached hydrogen (secondary N) is 3. The van der Waals surface area contributed by atoms with Crippen LogP contribution >= 0.6 is 11.8 Å². The molecule has 0 aliphatic carbocycles. The molecule has 2 amide bonds. The van der Waals surface area contributed by atoms with E-state index in [2.05, 4.69) is 25.8 Å². The van der Waals surface area contributed by atoms with Crippen molar-refractivity contribution in [2.75, 3.05) is 11.1 Å². The van der Waals surface area contributed by atoms with Crippen LogP contribution in [0.15, 0.2) is 59.8 Å². The second-order valence-corrected chi connectivity index (χ2v) is 6.91. The fourth-order valence-corrected chi connectivity index (χ4v) is 3.10. The molecular formula is C20H21N5O2S. The van der Waals surface area contributed by atoms with Gasteiger partial charge in [-0.3, -0.25) is 14.7 Å². The summed E-state index contributed by atoms with van der Waals surface area (Å²) >= 11 is 1.24. The summed E-state index contributed by atoms with van der Waals surface area (Å²) in [6.07, 6.45) is 0.755. The van der Waals surface area contributed by atoms with E-state index in [0.29, 0.717) is 23.0 Å². The molecule has 1 aromatic heterocycles. The number of H-pyrrole nitrogens is 1. The minimum atomic E-state index is -0.242. The van der Waals surface area contributed by atoms with E-state index in [4.69, 9.17) is 0 Å². The van der Waals surface area contributed by atoms with E-state index in [-0.39, 0.29) is 17.6 Å². The molecule has 7 nitrogen and oxygen atoms in total. The van der Waals surface area contributed by atoms with Gasteiger partial charge in [0.25, 0.3) is 5.91 Å². The zero-order chi connectivity index (χ0) is 19.8. The van der Waals surface area contributed by atoms with Crippen LogP contribution in [0, 0.1) is 0 Å². The van der Waals surface area contributed by atoms with Gasteiger partial charge in [0.1, 0.15) is 5.82 Å². The summed E-state index contributed by atoms with van der Waals surface area (Å²) in [5.74, 6) is 0.467. The average molecular weight is 395 g/mol. The molecule has 3 N–H and O–H groups in total. The van der Waals surface area contributed by atoms with Crippen LogP contribution in [0.3, 0.4) is 0 Å². The molecular weight excluding hydrogens is 374 g/mol. The lowest BCUT2D eigenvalue weighted by molar-refractivity contribution is -0.113. The number of hydrogen-bond acceptors (Lipinski definition) is 5. The highest BCUT2D eigenvalue weighted by molar-refractivity contribution is 7.99. The van der Waals surface area contributed by atoms with E-state index in [1.54, 1.807) is 24.3 Å². The minimum absolute atomic E-state index is 0.154. The number of aromatic nitrogens is 3. The number of aryl methyl sites for hydroxylation is 1. The van der Waals surface area contributed by atoms with Crippen LogP contribution in [-0.2, 0) is 17.8 Å². The van der Waals surface area contributed by atoms with Gasteiger partial charge in [-0.05, 0) is 17.7 Å². The number of carbonyl (C=O) groups excluding carboxylic acids is 2. The lowest BCUT2D eigenvalue weighted by Crippen LogP contribution is -2.25. The number of aromatic amines is 1. The van der Waals surface area contributed by atoms with Crippen molar-refractivity contribution < 1.29 is 9.59 Å². The maximum atomic E-state index is 12.5. The summed E-state index contributed by atoms with van der Waals surface area (Å²) in [5.41, 5.74) is 1.90. The Morgan fingerprint density at radius 2 is 1.82 bits per heavy atom. The highest BCUT2D eigenvalue weighted by Gasteiger charge is 2.14. The third-order valence-electron chi connectivity index (χ3n) is 3.92. The van der Waals surface area contributed by atoms with Gasteiger partial charge in [-0.15, -0.1) is 5.10 Å². The van der Waals surface area contributed by atoms with Gasteiger partial charge in [0, 0.05) is 13.0 Å². The van der Waals surface area contributed by atoms with Crippen LogP contribution in [0.2, 0.25) is 0 Å². The monoisotopic (exact) mass is 395 g/mol. The zero-order valence-corrected chi connectivity index (χ0v) is 16.3. The summed E-state index contributed by atoms with van der Waals surface area (Å²) in [6, 6.07) is 16.6. The molecule has 0 spiro atoms. The first-order chi connectivity index (χ1) is 13.7. The third kappa shape index (κ3) is 5.43. The third-order valence-corrected chi connectivity index (χ3v) is 4.77. The number of hydrogen-bond donors (Lipinski definition) is 3. The molecule has 0 bridgehead atoms. The van der Waals surface area contributed by atoms with Crippen molar-refractivity contribution in [3.05, 3.63) is 71.5 Å². The predicted octanol–water partition coefficient (Wildman–Crippen LogP) is 3.03. The number of nitrogens with zero attached hydrogens (tertiary/aromatic N) is 2. The zero-order valence-electron chi connectivity index (χ0n) is 15.4. The summed E-state index contributed by atoms with van der Waals surface area (Å²) in [6.45, 7) is 2.39. The Morgan fingerprint density at radius 1 is 1.07 bits per heavy atom. The van der Waals surface area contributed by atoms with Gasteiger partial charge in [-0.2, -0.15) is 0 Å². The standard InChI is InChI=1S/C20H21N5O2S/c1-2-17-23-20(25-24-17)28-13-18(26)22-16-11-7-6-10-15(16)19(27)21-12-14-8-4-3-5-9-14/h3-11H,2,12-13H2,1H3,(H,21,27)(H,22,26)(H,23,24,25). The van der Waals surface area contributed by atoms with E-state index in [1.807, 2.05) is 37.3 Å². The summed E-state index contributed by atoms with van der Waals surface area (Å²) in [4.78, 5) is 29.1. The molecule has 1 heterocycles. The van der Waals surface area contributed by atoms with Crippen LogP contribution < -0.4 is 10.6 Å². The van der Waals surface area contributed by atoms with E-state index in [1.165, 1.54) is 11.8 Å². The van der Waals surface area contributed by atoms with Crippen molar-refractivity contribution in [1.29, 1.82) is 0 Å². The van der Waals surface area contributed by atoms with E-state index >= 15 is 0 Å². The SMILES string of the molecule is CCc1nc(SCC(=O)Nc2ccccc2C(=O)NCc2ccccc2)n[nH]1. The number of rotatable bonds is 8. The molecule has 8 heteroatoms. The quantitative estimate of drug-likeness (QED) is 0.509. The van der Waals surface area contributed by atoms with Crippen LogP contribution in [-0.4, -0.2) is 32.7 Å². The van der Waals surface area contributed by atoms with Crippen molar-refractivity contribution in [1.82, 2.24) is 20.5 Å². The Morgan fingerprint density at radius 3 is 2.57 bits per heavy atom. The van der Waals surface area contributed by atoms with E-state index in [9.17, 15) is 9.59 Å². The maximum Gasteiger partial charge on any atom is 0.253 e. The van der Waals surface area contributed by atoms with Crippen molar-refractivity contribution >= 4 is 29.3 Å². The van der Waals surface area contributed by atoms with Crippen molar-refractivity contribution in [3.8, 4) is 0 Å². The lowest BCUT2D eigenvalue weighted by Gasteiger charge is -2.11. The van der Waals surface area contributed by atoms with Crippen molar-refractivity contribution in [3.63, 3.8) is 0 Å². The number of amides is 2. The molecule has 0 saturated heterocycles. The highest BCUT2D eigenvalue weighted by Crippen LogP contribution is 2.17. The smallest absolute Gasteiger partial charge is 0.253 e. The summed E-state index contributed by atoms with van der Waals surface area (Å²) in [7, 11) is 0. The van der Waals surface area contributed by atoms with E-state index < -0.39 is 0 Å². The van der Waals surface area contributed by atoms with Crippen molar-refractivity contribution in [2.45, 2.75) is 25.0 Å². The van der Waals surface area contributed by atoms with Crippen LogP contribution in [0.25, 0.3) is 0 Å². The van der Waals surface area contributed by atoms with Gasteiger partial charge in [0.15, 0.2) is 0 Å². The fraction of sp³-hybridized carbons (Fsp3) is 0.200. The Bertz CT molecular complexity index is 943. The molecule has 0 saturated carbocycles. The van der Waals surface area contributed by atoms with Crippen LogP contribution in [0.5, 0.6) is 0 Å². The van der Waals surface area contributed by atoms with Crippen LogP contribution in [0.4, 0.5) is 5.69 Å². The normalized spacial score (nSPS) is 10.5. The number of para-hydroxylation sites is 1. The average Bonchev–Trinajstić information content (AvgIpc) is 3.20. The molecule has 0 atom stereocenters. The highest BCUT2D eigenvalue weighted by atomic mass is 32.2. The first-order valence-corrected chi connectivity index (χ1v) is 9.89. The van der Waals surface area contributed by atoms with Gasteiger partial charge >= 0.3 is 0 Å². The molecule has 144 valence electrons. The molecule has 28 heavy (non-hydrogen) atoms. The minimum Gasteiger partial charge on any atom is -0.348 e. The number of carbonyl (C=O) groups is 2. The number of anilines is 1. The second-order valence-electron chi connectivity index (χ2n) is 5.97. The Labute approximate surface area is 167 Å². The van der Waals surface area contributed by atoms with Gasteiger partial charge in [-0.25, -0.2) is 4.98 Å². The lowest BCUT2D eigenvalue weighted by atomic mass is 10.1. The summed E-state index contributed by atoms with van der Waals surface area (Å²) < 4.78 is 0. The maximum absolute atomic E-state index is 12.5. The number of benzene rings is 2. The molecule has 0 radical (unpaired) electrons. The predicted molar refractivity (Wildman–Crippen MR) is 109 cm³/mol. The second kappa shape index (κ2) is 9.70. The number of thioether (sulfide) groups is 1. The fourth-order valence-electron chi connectivity index (χ4n) is 2.48. The molecule has 2 aromatic carbocycles. The molecule has 0 fully saturated rings. The van der Waals surface area contributed by atoms with E-state index in [0.717, 1.165) is 17.8 Å². The van der Waals surface area contributed by atoms with Gasteiger partial charge in [0.05, 0.1) is 17.0 Å². The molecule has 3 aromatic rings. The largest absolute Gasteiger partial charge is 0.348 e. The Hall–Kier alpha value is -3.13. The Balaban J connectivity index is 1.57. The van der Waals surface area contributed by atoms with Gasteiger partial charge in [-0.1, -0.05) is 61.2 Å². The Kier molecular flexibility index (Phi) is 6.80. The first-order valence-electron chi connectivity index (χ1n) is 8.90. The first kappa shape index (κ1) is 19.6. The van der Waals surface area contributed by atoms with Crippen LogP contribution in [0.1, 0.15) is 28.7 Å².